The van der Waals surface area contributed by atoms with Crippen LogP contribution in [0.3, 0.4) is 0 Å². The summed E-state index contributed by atoms with van der Waals surface area (Å²) in [5.74, 6) is -0.404. The largest absolute Gasteiger partial charge is 0.304 e. The second-order valence-electron chi connectivity index (χ2n) is 8.41. The van der Waals surface area contributed by atoms with Crippen molar-refractivity contribution in [2.75, 3.05) is 19.6 Å². The Morgan fingerprint density at radius 1 is 1.20 bits per heavy atom. The first-order valence-corrected chi connectivity index (χ1v) is 10.8. The molecule has 4 rings (SSSR count). The fraction of sp³-hybridized carbons (Fsp3) is 0.522. The minimum absolute atomic E-state index is 0.0287. The van der Waals surface area contributed by atoms with E-state index in [0.717, 1.165) is 81.4 Å². The van der Waals surface area contributed by atoms with Crippen molar-refractivity contribution in [1.82, 2.24) is 14.5 Å². The highest BCUT2D eigenvalue weighted by Crippen LogP contribution is 2.24. The Kier molecular flexibility index (Phi) is 6.09. The maximum Gasteiger partial charge on any atom is 0.256 e. The smallest absolute Gasteiger partial charge is 0.256 e. The minimum atomic E-state index is -0.668. The summed E-state index contributed by atoms with van der Waals surface area (Å²) in [4.78, 5) is 19.9. The van der Waals surface area contributed by atoms with Crippen LogP contribution in [0.1, 0.15) is 48.3 Å². The molecule has 1 fully saturated rings. The van der Waals surface area contributed by atoms with Gasteiger partial charge in [0.2, 0.25) is 0 Å². The van der Waals surface area contributed by atoms with Crippen LogP contribution in [-0.4, -0.2) is 39.8 Å². The molecule has 0 bridgehead atoms. The summed E-state index contributed by atoms with van der Waals surface area (Å²) in [6.07, 6.45) is 5.20. The number of aryl methyl sites for hydroxylation is 2. The van der Waals surface area contributed by atoms with Crippen LogP contribution in [0.15, 0.2) is 23.0 Å². The fourth-order valence-corrected chi connectivity index (χ4v) is 4.66. The van der Waals surface area contributed by atoms with Gasteiger partial charge in [-0.3, -0.25) is 9.36 Å². The van der Waals surface area contributed by atoms with E-state index < -0.39 is 11.6 Å². The van der Waals surface area contributed by atoms with Gasteiger partial charge in [-0.25, -0.2) is 13.8 Å². The molecule has 0 unspecified atom stereocenters. The molecular weight excluding hydrogens is 386 g/mol. The average Bonchev–Trinajstić information content (AvgIpc) is 2.73. The van der Waals surface area contributed by atoms with E-state index in [1.54, 1.807) is 0 Å². The standard InChI is InChI=1S/C23H28F2N4O/c1-15-18(23(30)29-10-3-2-4-21(29)27-15)9-13-28-11-7-16(8-12-28)22(26)19-6-5-17(24)14-20(19)25/h5-6,14,16,26H,2-4,7-13H2,1H3. The zero-order chi connectivity index (χ0) is 21.3. The highest BCUT2D eigenvalue weighted by molar-refractivity contribution is 6.00. The number of aromatic nitrogens is 2. The Morgan fingerprint density at radius 3 is 2.70 bits per heavy atom. The Labute approximate surface area is 175 Å². The summed E-state index contributed by atoms with van der Waals surface area (Å²) in [7, 11) is 0. The van der Waals surface area contributed by atoms with E-state index in [1.165, 1.54) is 12.1 Å². The third-order valence-corrected chi connectivity index (χ3v) is 6.48. The molecule has 7 heteroatoms. The molecule has 0 atom stereocenters. The highest BCUT2D eigenvalue weighted by atomic mass is 19.1. The van der Waals surface area contributed by atoms with Crippen LogP contribution < -0.4 is 5.56 Å². The lowest BCUT2D eigenvalue weighted by Crippen LogP contribution is -2.39. The number of hydrogen-bond donors (Lipinski definition) is 1. The Bertz CT molecular complexity index is 1010. The SMILES string of the molecule is Cc1nc2n(c(=O)c1CCN1CCC(C(=N)c3ccc(F)cc3F)CC1)CCCC2. The van der Waals surface area contributed by atoms with Gasteiger partial charge in [0, 0.05) is 54.0 Å². The number of nitrogens with one attached hydrogen (secondary N) is 1. The number of fused-ring (bicyclic) bond motifs is 1. The van der Waals surface area contributed by atoms with Gasteiger partial charge < -0.3 is 10.3 Å². The van der Waals surface area contributed by atoms with E-state index >= 15 is 0 Å². The summed E-state index contributed by atoms with van der Waals surface area (Å²) in [5, 5.41) is 8.35. The predicted molar refractivity (Wildman–Crippen MR) is 112 cm³/mol. The maximum atomic E-state index is 14.0. The molecule has 160 valence electrons. The molecule has 2 aromatic rings. The van der Waals surface area contributed by atoms with Crippen molar-refractivity contribution in [3.8, 4) is 0 Å². The topological polar surface area (TPSA) is 62.0 Å². The van der Waals surface area contributed by atoms with Crippen molar-refractivity contribution in [2.24, 2.45) is 5.92 Å². The number of piperidine rings is 1. The third kappa shape index (κ3) is 4.21. The first-order valence-electron chi connectivity index (χ1n) is 10.8. The third-order valence-electron chi connectivity index (χ3n) is 6.48. The Balaban J connectivity index is 1.36. The van der Waals surface area contributed by atoms with Gasteiger partial charge in [0.1, 0.15) is 17.5 Å². The number of nitrogens with zero attached hydrogens (tertiary/aromatic N) is 3. The second kappa shape index (κ2) is 8.76. The summed E-state index contributed by atoms with van der Waals surface area (Å²) in [5.41, 5.74) is 2.21. The molecule has 0 spiro atoms. The maximum absolute atomic E-state index is 14.0. The number of hydrogen-bond acceptors (Lipinski definition) is 4. The molecule has 0 amide bonds. The molecule has 0 saturated carbocycles. The summed E-state index contributed by atoms with van der Waals surface area (Å²) in [6, 6.07) is 3.40. The number of likely N-dealkylation sites (tertiary alicyclic amines) is 1. The molecule has 1 N–H and O–H groups in total. The molecule has 5 nitrogen and oxygen atoms in total. The van der Waals surface area contributed by atoms with E-state index in [0.29, 0.717) is 6.42 Å². The average molecular weight is 415 g/mol. The molecule has 0 radical (unpaired) electrons. The van der Waals surface area contributed by atoms with Gasteiger partial charge in [-0.05, 0) is 64.3 Å². The van der Waals surface area contributed by atoms with Crippen molar-refractivity contribution in [3.05, 3.63) is 62.8 Å². The minimum Gasteiger partial charge on any atom is -0.304 e. The summed E-state index contributed by atoms with van der Waals surface area (Å²) >= 11 is 0. The lowest BCUT2D eigenvalue weighted by molar-refractivity contribution is 0.211. The molecule has 3 heterocycles. The van der Waals surface area contributed by atoms with Crippen LogP contribution in [0, 0.1) is 29.9 Å². The fourth-order valence-electron chi connectivity index (χ4n) is 4.66. The van der Waals surface area contributed by atoms with Crippen LogP contribution in [0.5, 0.6) is 0 Å². The van der Waals surface area contributed by atoms with Gasteiger partial charge in [0.15, 0.2) is 0 Å². The normalized spacial score (nSPS) is 17.7. The monoisotopic (exact) mass is 414 g/mol. The molecule has 0 aliphatic carbocycles. The van der Waals surface area contributed by atoms with Gasteiger partial charge >= 0.3 is 0 Å². The second-order valence-corrected chi connectivity index (χ2v) is 8.41. The molecule has 1 saturated heterocycles. The molecule has 1 aromatic heterocycles. The van der Waals surface area contributed by atoms with Crippen LogP contribution in [0.25, 0.3) is 0 Å². The van der Waals surface area contributed by atoms with Crippen molar-refractivity contribution in [3.63, 3.8) is 0 Å². The zero-order valence-corrected chi connectivity index (χ0v) is 17.4. The molecule has 30 heavy (non-hydrogen) atoms. The van der Waals surface area contributed by atoms with Gasteiger partial charge in [0.05, 0.1) is 0 Å². The number of rotatable bonds is 5. The number of halogens is 2. The van der Waals surface area contributed by atoms with Gasteiger partial charge in [0.25, 0.3) is 5.56 Å². The summed E-state index contributed by atoms with van der Waals surface area (Å²) in [6.45, 7) is 5.07. The first kappa shape index (κ1) is 20.8. The van der Waals surface area contributed by atoms with E-state index in [9.17, 15) is 13.6 Å². The quantitative estimate of drug-likeness (QED) is 0.762. The van der Waals surface area contributed by atoms with Crippen molar-refractivity contribution >= 4 is 5.71 Å². The lowest BCUT2D eigenvalue weighted by Gasteiger charge is -2.32. The molecule has 2 aliphatic rings. The van der Waals surface area contributed by atoms with Crippen molar-refractivity contribution in [2.45, 2.75) is 52.0 Å². The van der Waals surface area contributed by atoms with Gasteiger partial charge in [-0.2, -0.15) is 0 Å². The van der Waals surface area contributed by atoms with Crippen LogP contribution in [0.4, 0.5) is 8.78 Å². The van der Waals surface area contributed by atoms with Gasteiger partial charge in [-0.15, -0.1) is 0 Å². The summed E-state index contributed by atoms with van der Waals surface area (Å²) < 4.78 is 29.0. The highest BCUT2D eigenvalue weighted by Gasteiger charge is 2.25. The molecular formula is C23H28F2N4O. The van der Waals surface area contributed by atoms with Crippen molar-refractivity contribution < 1.29 is 8.78 Å². The number of benzene rings is 1. The van der Waals surface area contributed by atoms with Crippen LogP contribution in [-0.2, 0) is 19.4 Å². The van der Waals surface area contributed by atoms with E-state index in [4.69, 9.17) is 5.41 Å². The molecule has 2 aliphatic heterocycles. The Morgan fingerprint density at radius 2 is 1.97 bits per heavy atom. The van der Waals surface area contributed by atoms with Crippen LogP contribution in [0.2, 0.25) is 0 Å². The lowest BCUT2D eigenvalue weighted by atomic mass is 9.88. The first-order chi connectivity index (χ1) is 14.4. The Hall–Kier alpha value is -2.41. The van der Waals surface area contributed by atoms with Crippen LogP contribution >= 0.6 is 0 Å². The zero-order valence-electron chi connectivity index (χ0n) is 17.4. The van der Waals surface area contributed by atoms with E-state index in [1.807, 2.05) is 11.5 Å². The van der Waals surface area contributed by atoms with Crippen molar-refractivity contribution in [1.29, 1.82) is 5.41 Å². The van der Waals surface area contributed by atoms with Gasteiger partial charge in [-0.1, -0.05) is 0 Å². The van der Waals surface area contributed by atoms with E-state index in [-0.39, 0.29) is 22.8 Å². The predicted octanol–water partition coefficient (Wildman–Crippen LogP) is 3.49. The van der Waals surface area contributed by atoms with E-state index in [2.05, 4.69) is 9.88 Å². The molecule has 1 aromatic carbocycles.